The van der Waals surface area contributed by atoms with E-state index in [1.807, 2.05) is 0 Å². The molecular weight excluding hydrogens is 241 g/mol. The quantitative estimate of drug-likeness (QED) is 0.649. The zero-order chi connectivity index (χ0) is 12.3. The summed E-state index contributed by atoms with van der Waals surface area (Å²) >= 11 is 1.41. The molecule has 2 rings (SSSR count). The van der Waals surface area contributed by atoms with Crippen molar-refractivity contribution < 1.29 is 9.13 Å². The molecule has 6 heteroatoms. The number of aryl methyl sites for hydroxylation is 1. The van der Waals surface area contributed by atoms with Crippen LogP contribution < -0.4 is 16.0 Å². The number of ether oxygens (including phenoxy) is 1. The summed E-state index contributed by atoms with van der Waals surface area (Å²) < 4.78 is 18.4. The minimum Gasteiger partial charge on any atom is -0.488 e. The highest BCUT2D eigenvalue weighted by molar-refractivity contribution is 7.15. The van der Waals surface area contributed by atoms with E-state index in [2.05, 4.69) is 10.4 Å². The third-order valence-electron chi connectivity index (χ3n) is 2.18. The van der Waals surface area contributed by atoms with Crippen molar-refractivity contribution in [2.24, 2.45) is 5.84 Å². The molecule has 0 bridgehead atoms. The second-order valence-corrected chi connectivity index (χ2v) is 4.59. The van der Waals surface area contributed by atoms with Gasteiger partial charge in [-0.3, -0.25) is 5.43 Å². The first-order valence-electron chi connectivity index (χ1n) is 4.99. The summed E-state index contributed by atoms with van der Waals surface area (Å²) in [7, 11) is 0. The molecular formula is C11H12FN3OS. The van der Waals surface area contributed by atoms with Crippen molar-refractivity contribution in [3.8, 4) is 5.75 Å². The Balaban J connectivity index is 2.02. The maximum Gasteiger partial charge on any atom is 0.197 e. The molecule has 3 N–H and O–H groups in total. The lowest BCUT2D eigenvalue weighted by molar-refractivity contribution is 0.307. The molecule has 0 aliphatic heterocycles. The summed E-state index contributed by atoms with van der Waals surface area (Å²) in [6.45, 7) is 2.20. The molecule has 0 spiro atoms. The third-order valence-corrected chi connectivity index (χ3v) is 3.09. The molecule has 4 nitrogen and oxygen atoms in total. The number of aromatic nitrogens is 1. The van der Waals surface area contributed by atoms with Gasteiger partial charge in [0, 0.05) is 6.20 Å². The smallest absolute Gasteiger partial charge is 0.197 e. The van der Waals surface area contributed by atoms with Gasteiger partial charge < -0.3 is 4.74 Å². The lowest BCUT2D eigenvalue weighted by Gasteiger charge is -2.07. The highest BCUT2D eigenvalue weighted by atomic mass is 32.1. The third kappa shape index (κ3) is 2.92. The van der Waals surface area contributed by atoms with Gasteiger partial charge in [0.1, 0.15) is 18.2 Å². The van der Waals surface area contributed by atoms with E-state index in [4.69, 9.17) is 10.6 Å². The molecule has 1 aromatic heterocycles. The van der Waals surface area contributed by atoms with Crippen LogP contribution in [0.5, 0.6) is 5.75 Å². The van der Waals surface area contributed by atoms with Gasteiger partial charge in [0.05, 0.1) is 4.88 Å². The van der Waals surface area contributed by atoms with Crippen LogP contribution in [0, 0.1) is 12.7 Å². The summed E-state index contributed by atoms with van der Waals surface area (Å²) in [5.41, 5.74) is 3.24. The van der Waals surface area contributed by atoms with Gasteiger partial charge in [-0.2, -0.15) is 0 Å². The zero-order valence-electron chi connectivity index (χ0n) is 9.24. The fourth-order valence-corrected chi connectivity index (χ4v) is 2.00. The summed E-state index contributed by atoms with van der Waals surface area (Å²) in [5, 5.41) is 0.638. The standard InChI is InChI=1S/C11H12FN3OS/c1-7-4-8(12)2-3-10(7)16-6-9-5-14-11(15-13)17-9/h2-5H,6,13H2,1H3,(H,14,15). The van der Waals surface area contributed by atoms with E-state index in [1.54, 1.807) is 19.2 Å². The van der Waals surface area contributed by atoms with Gasteiger partial charge in [-0.15, -0.1) is 0 Å². The molecule has 90 valence electrons. The first-order valence-corrected chi connectivity index (χ1v) is 5.81. The average molecular weight is 253 g/mol. The number of hydrazine groups is 1. The summed E-state index contributed by atoms with van der Waals surface area (Å²) in [4.78, 5) is 4.97. The normalized spacial score (nSPS) is 10.3. The Bertz CT molecular complexity index is 515. The lowest BCUT2D eigenvalue weighted by Crippen LogP contribution is -2.05. The van der Waals surface area contributed by atoms with Gasteiger partial charge in [0.2, 0.25) is 0 Å². The molecule has 1 aromatic carbocycles. The molecule has 0 aliphatic carbocycles. The highest BCUT2D eigenvalue weighted by Gasteiger charge is 2.04. The van der Waals surface area contributed by atoms with E-state index < -0.39 is 0 Å². The van der Waals surface area contributed by atoms with Crippen LogP contribution >= 0.6 is 11.3 Å². The van der Waals surface area contributed by atoms with Gasteiger partial charge in [-0.05, 0) is 30.7 Å². The van der Waals surface area contributed by atoms with E-state index in [0.717, 1.165) is 10.4 Å². The zero-order valence-corrected chi connectivity index (χ0v) is 10.1. The largest absolute Gasteiger partial charge is 0.488 e. The summed E-state index contributed by atoms with van der Waals surface area (Å²) in [6, 6.07) is 4.44. The predicted octanol–water partition coefficient (Wildman–Crippen LogP) is 2.46. The van der Waals surface area contributed by atoms with Crippen LogP contribution in [0.2, 0.25) is 0 Å². The van der Waals surface area contributed by atoms with Crippen LogP contribution in [0.15, 0.2) is 24.4 Å². The number of benzene rings is 1. The Kier molecular flexibility index (Phi) is 3.55. The number of hydrogen-bond donors (Lipinski definition) is 2. The van der Waals surface area contributed by atoms with Crippen molar-refractivity contribution in [2.45, 2.75) is 13.5 Å². The number of nitrogens with two attached hydrogens (primary N) is 1. The monoisotopic (exact) mass is 253 g/mol. The van der Waals surface area contributed by atoms with E-state index in [9.17, 15) is 4.39 Å². The molecule has 1 heterocycles. The topological polar surface area (TPSA) is 60.2 Å². The van der Waals surface area contributed by atoms with Crippen LogP contribution in [0.1, 0.15) is 10.4 Å². The first-order chi connectivity index (χ1) is 8.19. The summed E-state index contributed by atoms with van der Waals surface area (Å²) in [5.74, 6) is 5.63. The number of hydrogen-bond acceptors (Lipinski definition) is 5. The number of halogens is 1. The van der Waals surface area contributed by atoms with Crippen molar-refractivity contribution >= 4 is 16.5 Å². The maximum atomic E-state index is 12.9. The van der Waals surface area contributed by atoms with E-state index in [-0.39, 0.29) is 5.82 Å². The SMILES string of the molecule is Cc1cc(F)ccc1OCc1cnc(NN)s1. The number of rotatable bonds is 4. The molecule has 0 atom stereocenters. The van der Waals surface area contributed by atoms with Crippen LogP contribution in [0.3, 0.4) is 0 Å². The number of nitrogens with zero attached hydrogens (tertiary/aromatic N) is 1. The van der Waals surface area contributed by atoms with Crippen molar-refractivity contribution in [3.63, 3.8) is 0 Å². The Morgan fingerprint density at radius 2 is 2.35 bits per heavy atom. The van der Waals surface area contributed by atoms with Gasteiger partial charge in [0.25, 0.3) is 0 Å². The van der Waals surface area contributed by atoms with Crippen molar-refractivity contribution in [3.05, 3.63) is 40.7 Å². The van der Waals surface area contributed by atoms with Crippen molar-refractivity contribution in [1.29, 1.82) is 0 Å². The molecule has 0 aliphatic rings. The average Bonchev–Trinajstić information content (AvgIpc) is 2.76. The molecule has 0 unspecified atom stereocenters. The van der Waals surface area contributed by atoms with E-state index in [1.165, 1.54) is 23.5 Å². The van der Waals surface area contributed by atoms with Crippen LogP contribution in [0.25, 0.3) is 0 Å². The van der Waals surface area contributed by atoms with Crippen LogP contribution in [0.4, 0.5) is 9.52 Å². The van der Waals surface area contributed by atoms with Crippen LogP contribution in [-0.4, -0.2) is 4.98 Å². The van der Waals surface area contributed by atoms with Crippen molar-refractivity contribution in [2.75, 3.05) is 5.43 Å². The molecule has 0 amide bonds. The van der Waals surface area contributed by atoms with Crippen molar-refractivity contribution in [1.82, 2.24) is 4.98 Å². The Hall–Kier alpha value is -1.66. The Morgan fingerprint density at radius 3 is 3.00 bits per heavy atom. The molecule has 0 fully saturated rings. The fraction of sp³-hybridized carbons (Fsp3) is 0.182. The minimum absolute atomic E-state index is 0.262. The molecule has 0 saturated carbocycles. The first kappa shape index (κ1) is 11.8. The fourth-order valence-electron chi connectivity index (χ4n) is 1.36. The Labute approximate surface area is 102 Å². The Morgan fingerprint density at radius 1 is 1.53 bits per heavy atom. The molecule has 0 saturated heterocycles. The number of nitrogens with one attached hydrogen (secondary N) is 1. The lowest BCUT2D eigenvalue weighted by atomic mass is 10.2. The van der Waals surface area contributed by atoms with Gasteiger partial charge in [-0.25, -0.2) is 15.2 Å². The second-order valence-electron chi connectivity index (χ2n) is 3.47. The highest BCUT2D eigenvalue weighted by Crippen LogP contribution is 2.22. The van der Waals surface area contributed by atoms with E-state index in [0.29, 0.717) is 17.5 Å². The molecule has 2 aromatic rings. The minimum atomic E-state index is -0.262. The second kappa shape index (κ2) is 5.11. The van der Waals surface area contributed by atoms with Gasteiger partial charge in [0.15, 0.2) is 5.13 Å². The number of anilines is 1. The summed E-state index contributed by atoms with van der Waals surface area (Å²) in [6.07, 6.45) is 1.69. The molecule has 0 radical (unpaired) electrons. The molecule has 17 heavy (non-hydrogen) atoms. The number of nitrogen functional groups attached to an aromatic ring is 1. The maximum absolute atomic E-state index is 12.9. The number of thiazole rings is 1. The van der Waals surface area contributed by atoms with Gasteiger partial charge in [-0.1, -0.05) is 11.3 Å². The van der Waals surface area contributed by atoms with E-state index >= 15 is 0 Å². The van der Waals surface area contributed by atoms with Gasteiger partial charge >= 0.3 is 0 Å². The van der Waals surface area contributed by atoms with Crippen LogP contribution in [-0.2, 0) is 6.61 Å². The predicted molar refractivity (Wildman–Crippen MR) is 65.4 cm³/mol.